The molecule has 0 aliphatic carbocycles. The van der Waals surface area contributed by atoms with Gasteiger partial charge in [-0.15, -0.1) is 0 Å². The Hall–Kier alpha value is -3.93. The molecule has 6 heteroatoms. The normalized spacial score (nSPS) is 15.7. The van der Waals surface area contributed by atoms with Crippen LogP contribution in [0.25, 0.3) is 33.6 Å². The lowest BCUT2D eigenvalue weighted by Gasteiger charge is -2.22. The van der Waals surface area contributed by atoms with Gasteiger partial charge in [0.25, 0.3) is 0 Å². The van der Waals surface area contributed by atoms with E-state index in [1.165, 1.54) is 12.1 Å². The fraction of sp³-hybridized carbons (Fsp3) is 0.185. The monoisotopic (exact) mass is 441 g/mol. The van der Waals surface area contributed by atoms with Crippen LogP contribution in [0.1, 0.15) is 19.3 Å². The van der Waals surface area contributed by atoms with E-state index in [4.69, 9.17) is 4.98 Å². The molecule has 1 aliphatic heterocycles. The average Bonchev–Trinajstić information content (AvgIpc) is 3.47. The van der Waals surface area contributed by atoms with Crippen LogP contribution in [0.15, 0.2) is 78.9 Å². The smallest absolute Gasteiger partial charge is 0.305 e. The van der Waals surface area contributed by atoms with Crippen molar-refractivity contribution in [3.63, 3.8) is 0 Å². The lowest BCUT2D eigenvalue weighted by molar-refractivity contribution is -0.137. The van der Waals surface area contributed by atoms with Gasteiger partial charge in [-0.05, 0) is 36.1 Å². The maximum Gasteiger partial charge on any atom is 0.305 e. The lowest BCUT2D eigenvalue weighted by atomic mass is 10.0. The van der Waals surface area contributed by atoms with Crippen LogP contribution < -0.4 is 4.90 Å². The van der Waals surface area contributed by atoms with E-state index in [9.17, 15) is 14.3 Å². The zero-order chi connectivity index (χ0) is 22.8. The summed E-state index contributed by atoms with van der Waals surface area (Å²) >= 11 is 0. The number of benzene rings is 3. The Bertz CT molecular complexity index is 1250. The first kappa shape index (κ1) is 20.9. The van der Waals surface area contributed by atoms with Crippen LogP contribution in [0.2, 0.25) is 0 Å². The Kier molecular flexibility index (Phi) is 5.65. The molecule has 1 aromatic heterocycles. The highest BCUT2D eigenvalue weighted by molar-refractivity contribution is 5.81. The van der Waals surface area contributed by atoms with Gasteiger partial charge in [0.15, 0.2) is 0 Å². The van der Waals surface area contributed by atoms with Gasteiger partial charge in [0.05, 0.1) is 17.8 Å². The second kappa shape index (κ2) is 8.90. The van der Waals surface area contributed by atoms with E-state index in [0.29, 0.717) is 5.95 Å². The molecule has 5 nitrogen and oxygen atoms in total. The number of carboxylic acid groups (broad SMARTS) is 1. The van der Waals surface area contributed by atoms with Gasteiger partial charge in [-0.25, -0.2) is 9.37 Å². The maximum atomic E-state index is 13.3. The number of aromatic nitrogens is 2. The largest absolute Gasteiger partial charge is 0.481 e. The number of hydrogen-bond acceptors (Lipinski definition) is 3. The molecule has 0 spiro atoms. The second-order valence-electron chi connectivity index (χ2n) is 8.32. The summed E-state index contributed by atoms with van der Waals surface area (Å²) in [6, 6.07) is 24.5. The number of anilines is 1. The van der Waals surface area contributed by atoms with Crippen LogP contribution in [0.3, 0.4) is 0 Å². The first-order valence-corrected chi connectivity index (χ1v) is 11.1. The molecule has 0 bridgehead atoms. The van der Waals surface area contributed by atoms with E-state index >= 15 is 0 Å². The molecule has 1 atom stereocenters. The number of nitrogens with one attached hydrogen (secondary N) is 1. The molecule has 166 valence electrons. The fourth-order valence-electron chi connectivity index (χ4n) is 4.51. The van der Waals surface area contributed by atoms with Crippen molar-refractivity contribution in [3.8, 4) is 33.6 Å². The van der Waals surface area contributed by atoms with E-state index < -0.39 is 5.97 Å². The Morgan fingerprint density at radius 1 is 0.939 bits per heavy atom. The predicted octanol–water partition coefficient (Wildman–Crippen LogP) is 5.99. The summed E-state index contributed by atoms with van der Waals surface area (Å²) < 4.78 is 13.3. The summed E-state index contributed by atoms with van der Waals surface area (Å²) in [5.41, 5.74) is 5.65. The van der Waals surface area contributed by atoms with Gasteiger partial charge in [-0.2, -0.15) is 0 Å². The van der Waals surface area contributed by atoms with Crippen LogP contribution in [0.4, 0.5) is 10.3 Å². The summed E-state index contributed by atoms with van der Waals surface area (Å²) in [4.78, 5) is 21.8. The first-order chi connectivity index (χ1) is 16.1. The zero-order valence-electron chi connectivity index (χ0n) is 18.0. The number of carbonyl (C=O) groups is 1. The van der Waals surface area contributed by atoms with E-state index in [1.54, 1.807) is 12.1 Å². The van der Waals surface area contributed by atoms with Crippen LogP contribution in [-0.2, 0) is 4.79 Å². The average molecular weight is 442 g/mol. The molecule has 1 saturated heterocycles. The van der Waals surface area contributed by atoms with E-state index in [1.807, 2.05) is 54.6 Å². The minimum absolute atomic E-state index is 0.0639. The first-order valence-electron chi connectivity index (χ1n) is 11.1. The summed E-state index contributed by atoms with van der Waals surface area (Å²) in [7, 11) is 0. The molecule has 4 aromatic rings. The number of aliphatic carboxylic acids is 1. The van der Waals surface area contributed by atoms with Crippen molar-refractivity contribution in [2.24, 2.45) is 0 Å². The fourth-order valence-corrected chi connectivity index (χ4v) is 4.51. The summed E-state index contributed by atoms with van der Waals surface area (Å²) in [6.45, 7) is 0.780. The molecule has 1 fully saturated rings. The minimum Gasteiger partial charge on any atom is -0.481 e. The summed E-state index contributed by atoms with van der Waals surface area (Å²) in [5.74, 6) is -0.343. The van der Waals surface area contributed by atoms with Gasteiger partial charge < -0.3 is 15.0 Å². The van der Waals surface area contributed by atoms with Gasteiger partial charge in [0, 0.05) is 23.7 Å². The van der Waals surface area contributed by atoms with Crippen LogP contribution >= 0.6 is 0 Å². The highest BCUT2D eigenvalue weighted by Crippen LogP contribution is 2.35. The van der Waals surface area contributed by atoms with Crippen LogP contribution in [0, 0.1) is 5.82 Å². The number of H-pyrrole nitrogens is 1. The standard InChI is InChI=1S/C27H24FN3O2/c28-22-14-12-19(13-15-22)18-8-10-21(11-9-18)26-25(20-5-2-1-3-6-20)29-27(30-26)31-16-4-7-23(31)17-24(32)33/h1-3,5-6,8-15,23H,4,7,16-17H2,(H,29,30)(H,32,33)/t23-/m0/s1. The van der Waals surface area contributed by atoms with Gasteiger partial charge >= 0.3 is 5.97 Å². The molecular weight excluding hydrogens is 417 g/mol. The predicted molar refractivity (Wildman–Crippen MR) is 127 cm³/mol. The third-order valence-corrected chi connectivity index (χ3v) is 6.15. The molecule has 0 saturated carbocycles. The van der Waals surface area contributed by atoms with Crippen LogP contribution in [-0.4, -0.2) is 33.6 Å². The summed E-state index contributed by atoms with van der Waals surface area (Å²) in [5, 5.41) is 9.31. The molecule has 2 heterocycles. The Morgan fingerprint density at radius 3 is 2.24 bits per heavy atom. The summed E-state index contributed by atoms with van der Waals surface area (Å²) in [6.07, 6.45) is 1.89. The number of aromatic amines is 1. The molecule has 0 unspecified atom stereocenters. The molecule has 5 rings (SSSR count). The van der Waals surface area contributed by atoms with Gasteiger partial charge in [0.1, 0.15) is 5.82 Å². The highest BCUT2D eigenvalue weighted by Gasteiger charge is 2.30. The number of nitrogens with zero attached hydrogens (tertiary/aromatic N) is 2. The Balaban J connectivity index is 1.53. The van der Waals surface area contributed by atoms with Crippen molar-refractivity contribution in [3.05, 3.63) is 84.7 Å². The van der Waals surface area contributed by atoms with Gasteiger partial charge in [0.2, 0.25) is 5.95 Å². The third kappa shape index (κ3) is 4.37. The SMILES string of the molecule is O=C(O)C[C@@H]1CCCN1c1nc(-c2ccccc2)c(-c2ccc(-c3ccc(F)cc3)cc2)[nH]1. The second-order valence-corrected chi connectivity index (χ2v) is 8.32. The molecule has 0 radical (unpaired) electrons. The molecule has 2 N–H and O–H groups in total. The molecular formula is C27H24FN3O2. The van der Waals surface area contributed by atoms with Crippen molar-refractivity contribution >= 4 is 11.9 Å². The Labute approximate surface area is 191 Å². The van der Waals surface area contributed by atoms with E-state index in [-0.39, 0.29) is 18.3 Å². The topological polar surface area (TPSA) is 69.2 Å². The number of rotatable bonds is 6. The van der Waals surface area contributed by atoms with Crippen molar-refractivity contribution in [2.75, 3.05) is 11.4 Å². The quantitative estimate of drug-likeness (QED) is 0.385. The van der Waals surface area contributed by atoms with Gasteiger partial charge in [-0.3, -0.25) is 4.79 Å². The van der Waals surface area contributed by atoms with Crippen molar-refractivity contribution < 1.29 is 14.3 Å². The molecule has 3 aromatic carbocycles. The number of hydrogen-bond donors (Lipinski definition) is 2. The maximum absolute atomic E-state index is 13.3. The molecule has 33 heavy (non-hydrogen) atoms. The van der Waals surface area contributed by atoms with Crippen LogP contribution in [0.5, 0.6) is 0 Å². The highest BCUT2D eigenvalue weighted by atomic mass is 19.1. The van der Waals surface area contributed by atoms with E-state index in [0.717, 1.165) is 53.0 Å². The number of carboxylic acids is 1. The molecule has 1 aliphatic rings. The minimum atomic E-state index is -0.793. The van der Waals surface area contributed by atoms with E-state index in [2.05, 4.69) is 9.88 Å². The van der Waals surface area contributed by atoms with Crippen molar-refractivity contribution in [1.29, 1.82) is 0 Å². The zero-order valence-corrected chi connectivity index (χ0v) is 18.0. The van der Waals surface area contributed by atoms with Crippen molar-refractivity contribution in [2.45, 2.75) is 25.3 Å². The third-order valence-electron chi connectivity index (χ3n) is 6.15. The number of imidazole rings is 1. The Morgan fingerprint density at radius 2 is 1.58 bits per heavy atom. The lowest BCUT2D eigenvalue weighted by Crippen LogP contribution is -2.32. The number of halogens is 1. The van der Waals surface area contributed by atoms with Crippen molar-refractivity contribution in [1.82, 2.24) is 9.97 Å². The molecule has 0 amide bonds. The van der Waals surface area contributed by atoms with Gasteiger partial charge in [-0.1, -0.05) is 66.7 Å².